The number of aromatic amines is 1. The summed E-state index contributed by atoms with van der Waals surface area (Å²) in [6, 6.07) is 1.34. The first-order valence-electron chi connectivity index (χ1n) is 2.99. The van der Waals surface area contributed by atoms with E-state index in [1.807, 2.05) is 0 Å². The van der Waals surface area contributed by atoms with E-state index < -0.39 is 9.84 Å². The molecule has 0 saturated heterocycles. The van der Waals surface area contributed by atoms with Crippen LogP contribution in [-0.4, -0.2) is 19.7 Å². The number of nitrogens with one attached hydrogen (secondary N) is 1. The Labute approximate surface area is 83.1 Å². The second kappa shape index (κ2) is 3.17. The van der Waals surface area contributed by atoms with Crippen LogP contribution in [-0.2, 0) is 9.84 Å². The largest absolute Gasteiger partial charge is 0.327 e. The summed E-state index contributed by atoms with van der Waals surface area (Å²) in [4.78, 5) is 13.3. The van der Waals surface area contributed by atoms with Crippen LogP contribution in [0.3, 0.4) is 0 Å². The summed E-state index contributed by atoms with van der Waals surface area (Å²) in [5.41, 5.74) is -0.275. The molecule has 0 atom stereocenters. The molecule has 0 bridgehead atoms. The van der Waals surface area contributed by atoms with Crippen LogP contribution in [0.25, 0.3) is 0 Å². The van der Waals surface area contributed by atoms with Gasteiger partial charge in [-0.1, -0.05) is 0 Å². The summed E-state index contributed by atoms with van der Waals surface area (Å²) in [5, 5.41) is 0. The van der Waals surface area contributed by atoms with E-state index in [1.54, 1.807) is 22.6 Å². The van der Waals surface area contributed by atoms with Gasteiger partial charge in [0.25, 0.3) is 5.56 Å². The van der Waals surface area contributed by atoms with Crippen LogP contribution in [0.1, 0.15) is 0 Å². The van der Waals surface area contributed by atoms with Gasteiger partial charge in [0.2, 0.25) is 0 Å². The highest BCUT2D eigenvalue weighted by atomic mass is 127. The molecule has 0 aliphatic carbocycles. The van der Waals surface area contributed by atoms with E-state index >= 15 is 0 Å². The molecule has 4 nitrogen and oxygen atoms in total. The minimum absolute atomic E-state index is 0.131. The van der Waals surface area contributed by atoms with Gasteiger partial charge in [0.05, 0.1) is 8.47 Å². The number of rotatable bonds is 1. The number of H-pyrrole nitrogens is 1. The number of hydrogen-bond donors (Lipinski definition) is 1. The molecule has 1 rings (SSSR count). The maximum atomic E-state index is 11.0. The van der Waals surface area contributed by atoms with Gasteiger partial charge in [0.1, 0.15) is 0 Å². The van der Waals surface area contributed by atoms with Gasteiger partial charge < -0.3 is 4.98 Å². The number of hydrogen-bond acceptors (Lipinski definition) is 3. The molecule has 66 valence electrons. The Morgan fingerprint density at radius 2 is 2.08 bits per heavy atom. The summed E-state index contributed by atoms with van der Waals surface area (Å²) < 4.78 is 22.3. The van der Waals surface area contributed by atoms with Gasteiger partial charge in [-0.2, -0.15) is 0 Å². The van der Waals surface area contributed by atoms with Gasteiger partial charge in [-0.25, -0.2) is 8.42 Å². The van der Waals surface area contributed by atoms with Crippen LogP contribution in [0.4, 0.5) is 0 Å². The molecule has 0 fully saturated rings. The molecule has 1 N–H and O–H groups in total. The third-order valence-electron chi connectivity index (χ3n) is 1.26. The van der Waals surface area contributed by atoms with Crippen LogP contribution in [0, 0.1) is 3.57 Å². The van der Waals surface area contributed by atoms with Crippen LogP contribution in [0.15, 0.2) is 22.0 Å². The fourth-order valence-corrected chi connectivity index (χ4v) is 1.96. The van der Waals surface area contributed by atoms with Crippen molar-refractivity contribution in [3.05, 3.63) is 26.2 Å². The third kappa shape index (κ3) is 2.07. The van der Waals surface area contributed by atoms with E-state index in [1.165, 1.54) is 12.3 Å². The van der Waals surface area contributed by atoms with Crippen molar-refractivity contribution < 1.29 is 8.42 Å². The Balaban J connectivity index is 3.43. The SMILES string of the molecule is CS(=O)(=O)c1c[nH]c(=O)c(I)c1. The average molecular weight is 299 g/mol. The van der Waals surface area contributed by atoms with Gasteiger partial charge in [-0.05, 0) is 28.7 Å². The lowest BCUT2D eigenvalue weighted by molar-refractivity contribution is 0.601. The van der Waals surface area contributed by atoms with Gasteiger partial charge in [-0.3, -0.25) is 4.79 Å². The zero-order chi connectivity index (χ0) is 9.35. The van der Waals surface area contributed by atoms with Crippen LogP contribution >= 0.6 is 22.6 Å². The zero-order valence-corrected chi connectivity index (χ0v) is 9.14. The fraction of sp³-hybridized carbons (Fsp3) is 0.167. The van der Waals surface area contributed by atoms with Crippen molar-refractivity contribution in [3.8, 4) is 0 Å². The Morgan fingerprint density at radius 1 is 1.50 bits per heavy atom. The average Bonchev–Trinajstić information content (AvgIpc) is 1.92. The molecule has 1 heterocycles. The molecular formula is C6H6INO3S. The Kier molecular flexibility index (Phi) is 2.57. The molecule has 0 unspecified atom stereocenters. The summed E-state index contributed by atoms with van der Waals surface area (Å²) >= 11 is 1.78. The lowest BCUT2D eigenvalue weighted by atomic mass is 10.5. The molecule has 0 spiro atoms. The lowest BCUT2D eigenvalue weighted by Crippen LogP contribution is -2.11. The molecule has 12 heavy (non-hydrogen) atoms. The van der Waals surface area contributed by atoms with E-state index in [4.69, 9.17) is 0 Å². The lowest BCUT2D eigenvalue weighted by Gasteiger charge is -1.96. The molecule has 0 radical (unpaired) electrons. The number of halogens is 1. The van der Waals surface area contributed by atoms with Gasteiger partial charge >= 0.3 is 0 Å². The van der Waals surface area contributed by atoms with E-state index in [-0.39, 0.29) is 10.5 Å². The topological polar surface area (TPSA) is 67.0 Å². The zero-order valence-electron chi connectivity index (χ0n) is 6.17. The van der Waals surface area contributed by atoms with Gasteiger partial charge in [-0.15, -0.1) is 0 Å². The Bertz CT molecular complexity index is 448. The minimum Gasteiger partial charge on any atom is -0.327 e. The van der Waals surface area contributed by atoms with Crippen LogP contribution in [0.5, 0.6) is 0 Å². The highest BCUT2D eigenvalue weighted by molar-refractivity contribution is 14.1. The van der Waals surface area contributed by atoms with Crippen molar-refractivity contribution in [1.29, 1.82) is 0 Å². The monoisotopic (exact) mass is 299 g/mol. The van der Waals surface area contributed by atoms with Gasteiger partial charge in [0, 0.05) is 12.5 Å². The third-order valence-corrected chi connectivity index (χ3v) is 3.15. The Hall–Kier alpha value is -0.370. The highest BCUT2D eigenvalue weighted by Crippen LogP contribution is 2.07. The first-order chi connectivity index (χ1) is 5.41. The molecular weight excluding hydrogens is 293 g/mol. The van der Waals surface area contributed by atoms with Crippen LogP contribution in [0.2, 0.25) is 0 Å². The fourth-order valence-electron chi connectivity index (χ4n) is 0.652. The Morgan fingerprint density at radius 3 is 2.50 bits per heavy atom. The number of pyridine rings is 1. The predicted molar refractivity (Wildman–Crippen MR) is 52.9 cm³/mol. The number of aromatic nitrogens is 1. The van der Waals surface area contributed by atoms with Crippen LogP contribution < -0.4 is 5.56 Å². The molecule has 0 aromatic carbocycles. The smallest absolute Gasteiger partial charge is 0.261 e. The highest BCUT2D eigenvalue weighted by Gasteiger charge is 2.08. The molecule has 0 aliphatic rings. The molecule has 0 aliphatic heterocycles. The summed E-state index contributed by atoms with van der Waals surface area (Å²) in [6.07, 6.45) is 2.29. The maximum Gasteiger partial charge on any atom is 0.261 e. The molecule has 6 heteroatoms. The van der Waals surface area contributed by atoms with E-state index in [0.29, 0.717) is 3.57 Å². The second-order valence-corrected chi connectivity index (χ2v) is 5.46. The van der Waals surface area contributed by atoms with Crippen molar-refractivity contribution in [2.24, 2.45) is 0 Å². The van der Waals surface area contributed by atoms with E-state index in [9.17, 15) is 13.2 Å². The quantitative estimate of drug-likeness (QED) is 0.763. The molecule has 1 aromatic heterocycles. The first-order valence-corrected chi connectivity index (χ1v) is 5.96. The predicted octanol–water partition coefficient (Wildman–Crippen LogP) is 0.383. The summed E-state index contributed by atoms with van der Waals surface area (Å²) in [5.74, 6) is 0. The van der Waals surface area contributed by atoms with Crippen molar-refractivity contribution in [2.75, 3.05) is 6.26 Å². The standard InChI is InChI=1S/C6H6INO3S/c1-12(10,11)4-2-5(7)6(9)8-3-4/h2-3H,1H3,(H,8,9). The normalized spacial score (nSPS) is 11.5. The maximum absolute atomic E-state index is 11.0. The van der Waals surface area contributed by atoms with Crippen molar-refractivity contribution >= 4 is 32.4 Å². The van der Waals surface area contributed by atoms with E-state index in [0.717, 1.165) is 6.26 Å². The summed E-state index contributed by atoms with van der Waals surface area (Å²) in [7, 11) is -3.22. The van der Waals surface area contributed by atoms with E-state index in [2.05, 4.69) is 4.98 Å². The minimum atomic E-state index is -3.22. The number of sulfone groups is 1. The summed E-state index contributed by atoms with van der Waals surface area (Å²) in [6.45, 7) is 0. The van der Waals surface area contributed by atoms with Crippen molar-refractivity contribution in [3.63, 3.8) is 0 Å². The molecule has 1 aromatic rings. The second-order valence-electron chi connectivity index (χ2n) is 2.28. The molecule has 0 amide bonds. The molecule has 0 saturated carbocycles. The first kappa shape index (κ1) is 9.72. The van der Waals surface area contributed by atoms with Crippen molar-refractivity contribution in [2.45, 2.75) is 4.90 Å². The van der Waals surface area contributed by atoms with Gasteiger partial charge in [0.15, 0.2) is 9.84 Å². The van der Waals surface area contributed by atoms with Crippen molar-refractivity contribution in [1.82, 2.24) is 4.98 Å².